The number of thioether (sulfide) groups is 1. The van der Waals surface area contributed by atoms with E-state index in [1.807, 2.05) is 6.92 Å². The highest BCUT2D eigenvalue weighted by atomic mass is 32.2. The number of carbonyl (C=O) groups is 3. The summed E-state index contributed by atoms with van der Waals surface area (Å²) in [4.78, 5) is 34.2. The number of ether oxygens (including phenoxy) is 3. The first-order chi connectivity index (χ1) is 11.0. The number of amides is 2. The molecule has 1 saturated heterocycles. The van der Waals surface area contributed by atoms with Crippen LogP contribution >= 0.6 is 11.8 Å². The molecule has 1 fully saturated rings. The number of nitrogens with one attached hydrogen (secondary N) is 1. The molecule has 23 heavy (non-hydrogen) atoms. The van der Waals surface area contributed by atoms with E-state index >= 15 is 0 Å². The molecule has 0 radical (unpaired) electrons. The Morgan fingerprint density at radius 3 is 2.65 bits per heavy atom. The van der Waals surface area contributed by atoms with Crippen molar-refractivity contribution >= 4 is 35.0 Å². The van der Waals surface area contributed by atoms with Crippen molar-refractivity contribution in [1.29, 1.82) is 0 Å². The Balaban J connectivity index is 2.21. The number of benzene rings is 1. The van der Waals surface area contributed by atoms with Crippen LogP contribution in [0.25, 0.3) is 6.08 Å². The minimum Gasteiger partial charge on any atom is -0.490 e. The largest absolute Gasteiger partial charge is 0.490 e. The van der Waals surface area contributed by atoms with Crippen LogP contribution < -0.4 is 14.8 Å². The number of hydrogen-bond acceptors (Lipinski definition) is 7. The van der Waals surface area contributed by atoms with Crippen molar-refractivity contribution in [3.63, 3.8) is 0 Å². The lowest BCUT2D eigenvalue weighted by Crippen LogP contribution is -2.17. The summed E-state index contributed by atoms with van der Waals surface area (Å²) in [5, 5.41) is 1.79. The van der Waals surface area contributed by atoms with E-state index in [2.05, 4.69) is 10.1 Å². The number of hydrogen-bond donors (Lipinski definition) is 1. The van der Waals surface area contributed by atoms with E-state index in [-0.39, 0.29) is 6.61 Å². The Morgan fingerprint density at radius 2 is 2.04 bits per heavy atom. The Bertz CT molecular complexity index is 670. The van der Waals surface area contributed by atoms with Gasteiger partial charge in [-0.2, -0.15) is 0 Å². The van der Waals surface area contributed by atoms with Gasteiger partial charge in [0, 0.05) is 0 Å². The number of methoxy groups -OCH3 is 1. The molecule has 2 rings (SSSR count). The van der Waals surface area contributed by atoms with Crippen LogP contribution in [-0.4, -0.2) is 37.4 Å². The van der Waals surface area contributed by atoms with Crippen LogP contribution in [0.4, 0.5) is 4.79 Å². The molecule has 122 valence electrons. The molecule has 1 aromatic carbocycles. The van der Waals surface area contributed by atoms with Crippen molar-refractivity contribution in [3.8, 4) is 11.5 Å². The van der Waals surface area contributed by atoms with Crippen LogP contribution in [0.2, 0.25) is 0 Å². The lowest BCUT2D eigenvalue weighted by Gasteiger charge is -2.12. The lowest BCUT2D eigenvalue weighted by molar-refractivity contribution is -0.142. The summed E-state index contributed by atoms with van der Waals surface area (Å²) in [6.45, 7) is 1.99. The second kappa shape index (κ2) is 7.68. The summed E-state index contributed by atoms with van der Waals surface area (Å²) in [5.41, 5.74) is 0.672. The summed E-state index contributed by atoms with van der Waals surface area (Å²) in [6, 6.07) is 4.98. The van der Waals surface area contributed by atoms with Gasteiger partial charge in [0.25, 0.3) is 11.1 Å². The Labute approximate surface area is 137 Å². The van der Waals surface area contributed by atoms with Gasteiger partial charge < -0.3 is 14.2 Å². The third kappa shape index (κ3) is 4.49. The quantitative estimate of drug-likeness (QED) is 0.627. The first-order valence-corrected chi connectivity index (χ1v) is 7.56. The van der Waals surface area contributed by atoms with Gasteiger partial charge >= 0.3 is 5.97 Å². The molecule has 0 aliphatic carbocycles. The van der Waals surface area contributed by atoms with Crippen LogP contribution in [0.15, 0.2) is 23.1 Å². The van der Waals surface area contributed by atoms with Gasteiger partial charge in [0.05, 0.1) is 18.6 Å². The van der Waals surface area contributed by atoms with Crippen molar-refractivity contribution in [2.45, 2.75) is 6.92 Å². The molecule has 0 atom stereocenters. The summed E-state index contributed by atoms with van der Waals surface area (Å²) in [7, 11) is 1.27. The zero-order valence-corrected chi connectivity index (χ0v) is 13.4. The molecule has 7 nitrogen and oxygen atoms in total. The predicted molar refractivity (Wildman–Crippen MR) is 84.2 cm³/mol. The topological polar surface area (TPSA) is 90.9 Å². The summed E-state index contributed by atoms with van der Waals surface area (Å²) in [5.74, 6) is -0.111. The minimum atomic E-state index is -0.504. The monoisotopic (exact) mass is 337 g/mol. The summed E-state index contributed by atoms with van der Waals surface area (Å²) >= 11 is 0.837. The van der Waals surface area contributed by atoms with Crippen LogP contribution in [0, 0.1) is 0 Å². The highest BCUT2D eigenvalue weighted by Crippen LogP contribution is 2.31. The van der Waals surface area contributed by atoms with Crippen molar-refractivity contribution in [1.82, 2.24) is 5.32 Å². The molecule has 1 aliphatic rings. The van der Waals surface area contributed by atoms with E-state index in [9.17, 15) is 14.4 Å². The number of rotatable bonds is 6. The molecule has 1 N–H and O–H groups in total. The van der Waals surface area contributed by atoms with E-state index in [0.29, 0.717) is 28.6 Å². The molecule has 1 heterocycles. The van der Waals surface area contributed by atoms with Crippen molar-refractivity contribution in [2.75, 3.05) is 20.3 Å². The van der Waals surface area contributed by atoms with E-state index in [4.69, 9.17) is 9.47 Å². The average Bonchev–Trinajstić information content (AvgIpc) is 2.84. The van der Waals surface area contributed by atoms with Crippen LogP contribution in [-0.2, 0) is 14.3 Å². The van der Waals surface area contributed by atoms with Gasteiger partial charge in [-0.15, -0.1) is 0 Å². The first kappa shape index (κ1) is 16.9. The fourth-order valence-corrected chi connectivity index (χ4v) is 2.45. The highest BCUT2D eigenvalue weighted by molar-refractivity contribution is 8.18. The summed E-state index contributed by atoms with van der Waals surface area (Å²) < 4.78 is 15.3. The minimum absolute atomic E-state index is 0.232. The number of carbonyl (C=O) groups excluding carboxylic acids is 3. The van der Waals surface area contributed by atoms with Crippen LogP contribution in [0.3, 0.4) is 0 Å². The van der Waals surface area contributed by atoms with Gasteiger partial charge in [-0.3, -0.25) is 14.9 Å². The molecule has 2 amide bonds. The van der Waals surface area contributed by atoms with E-state index in [1.54, 1.807) is 24.3 Å². The normalized spacial score (nSPS) is 15.5. The standard InChI is InChI=1S/C15H15NO6S/c1-3-21-11-6-9(7-12-14(18)16-15(19)23-12)4-5-10(11)22-8-13(17)20-2/h4-7H,3,8H2,1-2H3,(H,16,18,19). The second-order valence-electron chi connectivity index (χ2n) is 4.36. The van der Waals surface area contributed by atoms with Gasteiger partial charge in [-0.05, 0) is 42.5 Å². The molecule has 8 heteroatoms. The maximum absolute atomic E-state index is 11.5. The van der Waals surface area contributed by atoms with Gasteiger partial charge in [0.15, 0.2) is 18.1 Å². The molecule has 1 aliphatic heterocycles. The zero-order valence-electron chi connectivity index (χ0n) is 12.6. The maximum Gasteiger partial charge on any atom is 0.343 e. The molecule has 0 spiro atoms. The van der Waals surface area contributed by atoms with Crippen molar-refractivity contribution in [3.05, 3.63) is 28.7 Å². The van der Waals surface area contributed by atoms with E-state index in [0.717, 1.165) is 11.8 Å². The number of imide groups is 1. The Hall–Kier alpha value is -2.48. The van der Waals surface area contributed by atoms with Gasteiger partial charge in [0.2, 0.25) is 0 Å². The SMILES string of the molecule is CCOc1cc(C=C2SC(=O)NC2=O)ccc1OCC(=O)OC. The van der Waals surface area contributed by atoms with Crippen LogP contribution in [0.1, 0.15) is 12.5 Å². The maximum atomic E-state index is 11.5. The predicted octanol–water partition coefficient (Wildman–Crippen LogP) is 1.96. The fraction of sp³-hybridized carbons (Fsp3) is 0.267. The first-order valence-electron chi connectivity index (χ1n) is 6.74. The Morgan fingerprint density at radius 1 is 1.26 bits per heavy atom. The van der Waals surface area contributed by atoms with Crippen LogP contribution in [0.5, 0.6) is 11.5 Å². The summed E-state index contributed by atoms with van der Waals surface area (Å²) in [6.07, 6.45) is 1.58. The molecule has 1 aromatic rings. The van der Waals surface area contributed by atoms with Gasteiger partial charge in [-0.1, -0.05) is 6.07 Å². The zero-order chi connectivity index (χ0) is 16.8. The van der Waals surface area contributed by atoms with E-state index in [1.165, 1.54) is 7.11 Å². The lowest BCUT2D eigenvalue weighted by atomic mass is 10.2. The molecule has 0 saturated carbocycles. The molecule has 0 unspecified atom stereocenters. The molecule has 0 aromatic heterocycles. The Kier molecular flexibility index (Phi) is 5.64. The van der Waals surface area contributed by atoms with E-state index < -0.39 is 17.1 Å². The molecular weight excluding hydrogens is 322 g/mol. The fourth-order valence-electron chi connectivity index (χ4n) is 1.77. The number of esters is 1. The van der Waals surface area contributed by atoms with Gasteiger partial charge in [-0.25, -0.2) is 4.79 Å². The smallest absolute Gasteiger partial charge is 0.343 e. The van der Waals surface area contributed by atoms with Gasteiger partial charge in [0.1, 0.15) is 0 Å². The average molecular weight is 337 g/mol. The van der Waals surface area contributed by atoms with Crippen molar-refractivity contribution < 1.29 is 28.6 Å². The highest BCUT2D eigenvalue weighted by Gasteiger charge is 2.25. The molecule has 0 bridgehead atoms. The van der Waals surface area contributed by atoms with Crippen molar-refractivity contribution in [2.24, 2.45) is 0 Å². The third-order valence-electron chi connectivity index (χ3n) is 2.78. The second-order valence-corrected chi connectivity index (χ2v) is 5.37. The molecular formula is C15H15NO6S. The third-order valence-corrected chi connectivity index (χ3v) is 3.59.